The van der Waals surface area contributed by atoms with Gasteiger partial charge in [0.15, 0.2) is 0 Å². The second kappa shape index (κ2) is 3.34. The van der Waals surface area contributed by atoms with Crippen molar-refractivity contribution in [3.05, 3.63) is 34.5 Å². The van der Waals surface area contributed by atoms with E-state index in [1.807, 2.05) is 6.07 Å². The highest BCUT2D eigenvalue weighted by Crippen LogP contribution is 2.16. The number of hydrogen-bond donors (Lipinski definition) is 1. The summed E-state index contributed by atoms with van der Waals surface area (Å²) in [6.45, 7) is 3.57. The van der Waals surface area contributed by atoms with Crippen molar-refractivity contribution in [2.45, 2.75) is 6.42 Å². The number of hydrogen-bond acceptors (Lipinski definition) is 2. The Hall–Kier alpha value is -1.09. The number of carboxylic acids is 1. The van der Waals surface area contributed by atoms with Crippen molar-refractivity contribution in [1.82, 2.24) is 0 Å². The van der Waals surface area contributed by atoms with E-state index in [4.69, 9.17) is 5.11 Å². The summed E-state index contributed by atoms with van der Waals surface area (Å²) < 4.78 is 0. The van der Waals surface area contributed by atoms with Gasteiger partial charge >= 0.3 is 5.97 Å². The monoisotopic (exact) mass is 168 g/mol. The van der Waals surface area contributed by atoms with Crippen LogP contribution in [0, 0.1) is 0 Å². The summed E-state index contributed by atoms with van der Waals surface area (Å²) in [5.74, 6) is -0.856. The number of allylic oxidation sites excluding steroid dienone is 1. The summed E-state index contributed by atoms with van der Waals surface area (Å²) in [4.78, 5) is 11.8. The lowest BCUT2D eigenvalue weighted by Crippen LogP contribution is -1.89. The van der Waals surface area contributed by atoms with Crippen LogP contribution in [0.1, 0.15) is 14.5 Å². The molecule has 1 N–H and O–H groups in total. The summed E-state index contributed by atoms with van der Waals surface area (Å²) in [5, 5.41) is 8.55. The highest BCUT2D eigenvalue weighted by molar-refractivity contribution is 7.13. The molecular weight excluding hydrogens is 160 g/mol. The maximum atomic E-state index is 10.4. The molecule has 0 saturated heterocycles. The van der Waals surface area contributed by atoms with E-state index in [1.165, 1.54) is 11.3 Å². The molecule has 0 bridgehead atoms. The minimum absolute atomic E-state index is 0.391. The van der Waals surface area contributed by atoms with Crippen LogP contribution in [-0.4, -0.2) is 11.1 Å². The Morgan fingerprint density at radius 3 is 2.91 bits per heavy atom. The molecule has 0 radical (unpaired) electrons. The molecule has 0 aliphatic carbocycles. The van der Waals surface area contributed by atoms with Gasteiger partial charge in [-0.1, -0.05) is 6.08 Å². The number of aromatic carboxylic acids is 1. The zero-order chi connectivity index (χ0) is 8.27. The predicted molar refractivity (Wildman–Crippen MR) is 45.2 cm³/mol. The maximum absolute atomic E-state index is 10.4. The fourth-order valence-corrected chi connectivity index (χ4v) is 1.59. The Bertz CT molecular complexity index is 275. The molecule has 1 heterocycles. The second-order valence-electron chi connectivity index (χ2n) is 2.06. The van der Waals surface area contributed by atoms with Crippen molar-refractivity contribution in [2.75, 3.05) is 0 Å². The van der Waals surface area contributed by atoms with Crippen LogP contribution >= 0.6 is 11.3 Å². The van der Waals surface area contributed by atoms with Gasteiger partial charge in [-0.25, -0.2) is 4.79 Å². The van der Waals surface area contributed by atoms with Gasteiger partial charge in [0.05, 0.1) is 0 Å². The van der Waals surface area contributed by atoms with E-state index < -0.39 is 5.97 Å². The summed E-state index contributed by atoms with van der Waals surface area (Å²) in [6, 6.07) is 3.43. The van der Waals surface area contributed by atoms with E-state index in [0.29, 0.717) is 4.88 Å². The van der Waals surface area contributed by atoms with Crippen LogP contribution in [0.15, 0.2) is 24.8 Å². The fourth-order valence-electron chi connectivity index (χ4n) is 0.745. The molecule has 2 nitrogen and oxygen atoms in total. The Kier molecular flexibility index (Phi) is 2.44. The molecule has 0 atom stereocenters. The lowest BCUT2D eigenvalue weighted by atomic mass is 10.3. The van der Waals surface area contributed by atoms with Crippen molar-refractivity contribution in [3.8, 4) is 0 Å². The van der Waals surface area contributed by atoms with Crippen molar-refractivity contribution in [3.63, 3.8) is 0 Å². The molecule has 3 heteroatoms. The molecule has 0 aliphatic heterocycles. The summed E-state index contributed by atoms with van der Waals surface area (Å²) in [7, 11) is 0. The molecule has 0 aromatic carbocycles. The Morgan fingerprint density at radius 2 is 2.45 bits per heavy atom. The Labute approximate surface area is 68.8 Å². The second-order valence-corrected chi connectivity index (χ2v) is 3.23. The highest BCUT2D eigenvalue weighted by atomic mass is 32.1. The first-order valence-corrected chi connectivity index (χ1v) is 3.98. The van der Waals surface area contributed by atoms with Gasteiger partial charge in [-0.05, 0) is 18.6 Å². The molecule has 0 unspecified atom stereocenters. The molecule has 0 aliphatic rings. The largest absolute Gasteiger partial charge is 0.477 e. The van der Waals surface area contributed by atoms with Crippen LogP contribution in [0.2, 0.25) is 0 Å². The van der Waals surface area contributed by atoms with Gasteiger partial charge in [-0.2, -0.15) is 0 Å². The average molecular weight is 168 g/mol. The molecule has 0 fully saturated rings. The normalized spacial score (nSPS) is 9.45. The van der Waals surface area contributed by atoms with Crippen LogP contribution in [-0.2, 0) is 6.42 Å². The SMILES string of the molecule is C=CCc1ccc(C(=O)O)s1. The smallest absolute Gasteiger partial charge is 0.345 e. The van der Waals surface area contributed by atoms with E-state index in [2.05, 4.69) is 6.58 Å². The van der Waals surface area contributed by atoms with Gasteiger partial charge in [-0.3, -0.25) is 0 Å². The van der Waals surface area contributed by atoms with Gasteiger partial charge in [0.1, 0.15) is 4.88 Å². The lowest BCUT2D eigenvalue weighted by Gasteiger charge is -1.84. The van der Waals surface area contributed by atoms with E-state index in [9.17, 15) is 4.79 Å². The van der Waals surface area contributed by atoms with E-state index in [-0.39, 0.29) is 0 Å². The molecule has 1 aromatic heterocycles. The van der Waals surface area contributed by atoms with Crippen LogP contribution < -0.4 is 0 Å². The van der Waals surface area contributed by atoms with Gasteiger partial charge in [0.25, 0.3) is 0 Å². The molecule has 0 saturated carbocycles. The number of thiophene rings is 1. The molecule has 1 rings (SSSR count). The van der Waals surface area contributed by atoms with Crippen LogP contribution in [0.5, 0.6) is 0 Å². The van der Waals surface area contributed by atoms with Crippen LogP contribution in [0.25, 0.3) is 0 Å². The molecule has 0 spiro atoms. The minimum Gasteiger partial charge on any atom is -0.477 e. The van der Waals surface area contributed by atoms with E-state index in [1.54, 1.807) is 12.1 Å². The predicted octanol–water partition coefficient (Wildman–Crippen LogP) is 2.17. The van der Waals surface area contributed by atoms with Crippen LogP contribution in [0.3, 0.4) is 0 Å². The first kappa shape index (κ1) is 8.01. The third-order valence-electron chi connectivity index (χ3n) is 1.22. The quantitative estimate of drug-likeness (QED) is 0.702. The minimum atomic E-state index is -0.856. The van der Waals surface area contributed by atoms with Gasteiger partial charge in [0.2, 0.25) is 0 Å². The number of rotatable bonds is 3. The third kappa shape index (κ3) is 1.91. The average Bonchev–Trinajstić information content (AvgIpc) is 2.37. The third-order valence-corrected chi connectivity index (χ3v) is 2.31. The van der Waals surface area contributed by atoms with Crippen molar-refractivity contribution in [1.29, 1.82) is 0 Å². The van der Waals surface area contributed by atoms with Crippen LogP contribution in [0.4, 0.5) is 0 Å². The highest BCUT2D eigenvalue weighted by Gasteiger charge is 2.04. The summed E-state index contributed by atoms with van der Waals surface area (Å²) in [5.41, 5.74) is 0. The van der Waals surface area contributed by atoms with E-state index in [0.717, 1.165) is 11.3 Å². The fraction of sp³-hybridized carbons (Fsp3) is 0.125. The lowest BCUT2D eigenvalue weighted by molar-refractivity contribution is 0.0702. The number of carbonyl (C=O) groups is 1. The van der Waals surface area contributed by atoms with Gasteiger partial charge in [-0.15, -0.1) is 17.9 Å². The molecule has 11 heavy (non-hydrogen) atoms. The van der Waals surface area contributed by atoms with Crippen molar-refractivity contribution < 1.29 is 9.90 Å². The first-order valence-electron chi connectivity index (χ1n) is 3.17. The Balaban J connectivity index is 2.81. The number of carboxylic acid groups (broad SMARTS) is 1. The zero-order valence-corrected chi connectivity index (χ0v) is 6.73. The standard InChI is InChI=1S/C8H8O2S/c1-2-3-6-4-5-7(11-6)8(9)10/h2,4-5H,1,3H2,(H,9,10). The molecule has 1 aromatic rings. The molecular formula is C8H8O2S. The van der Waals surface area contributed by atoms with Gasteiger partial charge < -0.3 is 5.11 Å². The molecule has 58 valence electrons. The van der Waals surface area contributed by atoms with Crippen molar-refractivity contribution >= 4 is 17.3 Å². The van der Waals surface area contributed by atoms with E-state index >= 15 is 0 Å². The first-order chi connectivity index (χ1) is 5.24. The zero-order valence-electron chi connectivity index (χ0n) is 5.91. The topological polar surface area (TPSA) is 37.3 Å². The summed E-state index contributed by atoms with van der Waals surface area (Å²) in [6.07, 6.45) is 2.51. The maximum Gasteiger partial charge on any atom is 0.345 e. The van der Waals surface area contributed by atoms with Gasteiger partial charge in [0, 0.05) is 4.88 Å². The van der Waals surface area contributed by atoms with Crippen molar-refractivity contribution in [2.24, 2.45) is 0 Å². The Morgan fingerprint density at radius 1 is 1.73 bits per heavy atom. The molecule has 0 amide bonds. The summed E-state index contributed by atoms with van der Waals surface area (Å²) >= 11 is 1.29.